The molecule has 0 aliphatic heterocycles. The van der Waals surface area contributed by atoms with Gasteiger partial charge in [0.05, 0.1) is 17.5 Å². The molecule has 2 rings (SSSR count). The first kappa shape index (κ1) is 20.7. The lowest BCUT2D eigenvalue weighted by atomic mass is 10.2. The van der Waals surface area contributed by atoms with Gasteiger partial charge in [0.25, 0.3) is 0 Å². The third-order valence-corrected chi connectivity index (χ3v) is 4.61. The Morgan fingerprint density at radius 3 is 2.63 bits per heavy atom. The molecule has 0 aliphatic carbocycles. The van der Waals surface area contributed by atoms with E-state index < -0.39 is 40.3 Å². The molecule has 0 saturated carbocycles. The smallest absolute Gasteiger partial charge is 0.313 e. The number of aromatic nitrogens is 3. The van der Waals surface area contributed by atoms with E-state index in [9.17, 15) is 22.8 Å². The second-order valence-electron chi connectivity index (χ2n) is 5.41. The van der Waals surface area contributed by atoms with Crippen LogP contribution in [0.2, 0.25) is 0 Å². The fraction of sp³-hybridized carbons (Fsp3) is 0.375. The van der Waals surface area contributed by atoms with Crippen LogP contribution < -0.4 is 5.32 Å². The molecule has 2 aromatic rings. The molecule has 0 aliphatic rings. The number of nitrogens with zero attached hydrogens (tertiary/aromatic N) is 3. The van der Waals surface area contributed by atoms with Crippen molar-refractivity contribution in [3.63, 3.8) is 0 Å². The molecule has 1 atom stereocenters. The molecular formula is C16H17F3N4O3S. The summed E-state index contributed by atoms with van der Waals surface area (Å²) in [6, 6.07) is 1.65. The molecule has 1 amide bonds. The minimum atomic E-state index is -1.66. The van der Waals surface area contributed by atoms with Crippen molar-refractivity contribution in [3.8, 4) is 0 Å². The summed E-state index contributed by atoms with van der Waals surface area (Å²) in [5, 5.41) is 9.58. The number of benzene rings is 1. The van der Waals surface area contributed by atoms with Crippen molar-refractivity contribution >= 4 is 29.3 Å². The Morgan fingerprint density at radius 1 is 1.26 bits per heavy atom. The number of hydrogen-bond acceptors (Lipinski definition) is 6. The third kappa shape index (κ3) is 5.00. The van der Waals surface area contributed by atoms with E-state index in [4.69, 9.17) is 4.74 Å². The Labute approximate surface area is 157 Å². The molecule has 0 radical (unpaired) electrons. The molecule has 1 aromatic heterocycles. The summed E-state index contributed by atoms with van der Waals surface area (Å²) < 4.78 is 46.2. The molecule has 27 heavy (non-hydrogen) atoms. The quantitative estimate of drug-likeness (QED) is 0.435. The molecule has 1 aromatic carbocycles. The maximum Gasteiger partial charge on any atom is 0.313 e. The van der Waals surface area contributed by atoms with E-state index in [2.05, 4.69) is 15.5 Å². The van der Waals surface area contributed by atoms with Crippen LogP contribution in [0.4, 0.5) is 18.9 Å². The average molecular weight is 402 g/mol. The number of carbonyl (C=O) groups excluding carboxylic acids is 2. The van der Waals surface area contributed by atoms with E-state index >= 15 is 0 Å². The first-order valence-electron chi connectivity index (χ1n) is 7.89. The molecule has 1 heterocycles. The Morgan fingerprint density at radius 2 is 1.96 bits per heavy atom. The van der Waals surface area contributed by atoms with Crippen molar-refractivity contribution in [1.82, 2.24) is 14.8 Å². The van der Waals surface area contributed by atoms with Crippen molar-refractivity contribution in [1.29, 1.82) is 0 Å². The summed E-state index contributed by atoms with van der Waals surface area (Å²) >= 11 is 1.01. The van der Waals surface area contributed by atoms with Crippen LogP contribution in [0.25, 0.3) is 0 Å². The van der Waals surface area contributed by atoms with Gasteiger partial charge in [-0.1, -0.05) is 11.8 Å². The number of amides is 1. The van der Waals surface area contributed by atoms with Crippen LogP contribution in [-0.4, -0.2) is 38.5 Å². The Bertz CT molecular complexity index is 860. The zero-order chi connectivity index (χ0) is 20.1. The van der Waals surface area contributed by atoms with Crippen molar-refractivity contribution in [3.05, 3.63) is 35.4 Å². The molecule has 146 valence electrons. The largest absolute Gasteiger partial charge is 0.466 e. The molecule has 1 N–H and O–H groups in total. The normalized spacial score (nSPS) is 11.9. The molecule has 0 fully saturated rings. The molecule has 0 saturated heterocycles. The van der Waals surface area contributed by atoms with Gasteiger partial charge >= 0.3 is 5.97 Å². The van der Waals surface area contributed by atoms with Crippen LogP contribution in [0.3, 0.4) is 0 Å². The van der Waals surface area contributed by atoms with Gasteiger partial charge in [-0.15, -0.1) is 10.2 Å². The lowest BCUT2D eigenvalue weighted by Crippen LogP contribution is -2.23. The highest BCUT2D eigenvalue weighted by Crippen LogP contribution is 2.24. The number of ether oxygens (including phenoxy) is 1. The standard InChI is InChI=1S/C16H17F3N4O3S/c1-4-26-12(24)7-11-21-22-16(23(11)3)27-8(2)15(25)20-10-6-5-9(17)13(18)14(10)19/h5-6,8H,4,7H2,1-3H3,(H,20,25)/t8-/m0/s1. The fourth-order valence-corrected chi connectivity index (χ4v) is 2.84. The molecule has 0 bridgehead atoms. The summed E-state index contributed by atoms with van der Waals surface area (Å²) in [6.07, 6.45) is -0.0709. The number of carbonyl (C=O) groups is 2. The van der Waals surface area contributed by atoms with Crippen LogP contribution in [-0.2, 0) is 27.8 Å². The second-order valence-corrected chi connectivity index (χ2v) is 6.72. The first-order chi connectivity index (χ1) is 12.7. The predicted molar refractivity (Wildman–Crippen MR) is 91.6 cm³/mol. The van der Waals surface area contributed by atoms with E-state index in [1.54, 1.807) is 14.0 Å². The number of esters is 1. The van der Waals surface area contributed by atoms with Gasteiger partial charge in [0, 0.05) is 7.05 Å². The highest BCUT2D eigenvalue weighted by molar-refractivity contribution is 8.00. The van der Waals surface area contributed by atoms with Gasteiger partial charge in [-0.2, -0.15) is 0 Å². The van der Waals surface area contributed by atoms with E-state index in [0.717, 1.165) is 23.9 Å². The first-order valence-corrected chi connectivity index (χ1v) is 8.77. The van der Waals surface area contributed by atoms with Crippen LogP contribution in [0.5, 0.6) is 0 Å². The van der Waals surface area contributed by atoms with Gasteiger partial charge in [-0.05, 0) is 26.0 Å². The second kappa shape index (κ2) is 8.89. The Kier molecular flexibility index (Phi) is 6.83. The zero-order valence-corrected chi connectivity index (χ0v) is 15.6. The average Bonchev–Trinajstić information content (AvgIpc) is 2.95. The highest BCUT2D eigenvalue weighted by atomic mass is 32.2. The minimum Gasteiger partial charge on any atom is -0.466 e. The number of halogens is 3. The molecule has 0 unspecified atom stereocenters. The minimum absolute atomic E-state index is 0.0709. The Balaban J connectivity index is 2.04. The van der Waals surface area contributed by atoms with Crippen LogP contribution >= 0.6 is 11.8 Å². The zero-order valence-electron chi connectivity index (χ0n) is 14.8. The summed E-state index contributed by atoms with van der Waals surface area (Å²) in [5.74, 6) is -5.22. The lowest BCUT2D eigenvalue weighted by Gasteiger charge is -2.12. The lowest BCUT2D eigenvalue weighted by molar-refractivity contribution is -0.142. The summed E-state index contributed by atoms with van der Waals surface area (Å²) in [7, 11) is 1.62. The van der Waals surface area contributed by atoms with Crippen molar-refractivity contribution in [2.45, 2.75) is 30.7 Å². The molecule has 11 heteroatoms. The van der Waals surface area contributed by atoms with Crippen molar-refractivity contribution < 1.29 is 27.5 Å². The highest BCUT2D eigenvalue weighted by Gasteiger charge is 2.22. The van der Waals surface area contributed by atoms with Gasteiger partial charge in [0.2, 0.25) is 5.91 Å². The number of hydrogen-bond donors (Lipinski definition) is 1. The van der Waals surface area contributed by atoms with Crippen LogP contribution in [0.15, 0.2) is 17.3 Å². The maximum atomic E-state index is 13.7. The summed E-state index contributed by atoms with van der Waals surface area (Å²) in [6.45, 7) is 3.46. The predicted octanol–water partition coefficient (Wildman–Crippen LogP) is 2.46. The monoisotopic (exact) mass is 402 g/mol. The number of nitrogens with one attached hydrogen (secondary N) is 1. The fourth-order valence-electron chi connectivity index (χ4n) is 2.01. The number of thioether (sulfide) groups is 1. The Hall–Kier alpha value is -2.56. The third-order valence-electron chi connectivity index (χ3n) is 3.48. The van der Waals surface area contributed by atoms with Gasteiger partial charge in [-0.3, -0.25) is 9.59 Å². The topological polar surface area (TPSA) is 86.1 Å². The number of anilines is 1. The van der Waals surface area contributed by atoms with E-state index in [-0.39, 0.29) is 13.0 Å². The molecule has 0 spiro atoms. The molecular weight excluding hydrogens is 385 g/mol. The van der Waals surface area contributed by atoms with Crippen molar-refractivity contribution in [2.75, 3.05) is 11.9 Å². The van der Waals surface area contributed by atoms with Gasteiger partial charge in [-0.25, -0.2) is 13.2 Å². The van der Waals surface area contributed by atoms with E-state index in [0.29, 0.717) is 11.0 Å². The van der Waals surface area contributed by atoms with E-state index in [1.165, 1.54) is 11.5 Å². The maximum absolute atomic E-state index is 13.7. The van der Waals surface area contributed by atoms with Crippen LogP contribution in [0, 0.1) is 17.5 Å². The van der Waals surface area contributed by atoms with Gasteiger partial charge < -0.3 is 14.6 Å². The van der Waals surface area contributed by atoms with Gasteiger partial charge in [0.15, 0.2) is 22.6 Å². The van der Waals surface area contributed by atoms with E-state index in [1.807, 2.05) is 0 Å². The van der Waals surface area contributed by atoms with Gasteiger partial charge in [0.1, 0.15) is 12.2 Å². The number of rotatable bonds is 7. The SMILES string of the molecule is CCOC(=O)Cc1nnc(S[C@@H](C)C(=O)Nc2ccc(F)c(F)c2F)n1C. The van der Waals surface area contributed by atoms with Crippen LogP contribution in [0.1, 0.15) is 19.7 Å². The molecule has 7 nitrogen and oxygen atoms in total. The van der Waals surface area contributed by atoms with Crippen molar-refractivity contribution in [2.24, 2.45) is 7.05 Å². The summed E-state index contributed by atoms with van der Waals surface area (Å²) in [4.78, 5) is 23.7. The summed E-state index contributed by atoms with van der Waals surface area (Å²) in [5.41, 5.74) is -0.465.